The van der Waals surface area contributed by atoms with Crippen molar-refractivity contribution in [1.29, 1.82) is 0 Å². The van der Waals surface area contributed by atoms with E-state index >= 15 is 0 Å². The fraction of sp³-hybridized carbons (Fsp3) is 0.267. The molecular weight excluding hydrogens is 304 g/mol. The van der Waals surface area contributed by atoms with Crippen molar-refractivity contribution < 1.29 is 18.8 Å². The van der Waals surface area contributed by atoms with Crippen LogP contribution in [0.4, 0.5) is 5.82 Å². The van der Waals surface area contributed by atoms with Gasteiger partial charge in [-0.1, -0.05) is 17.3 Å². The fourth-order valence-electron chi connectivity index (χ4n) is 1.77. The van der Waals surface area contributed by atoms with Gasteiger partial charge in [0.1, 0.15) is 5.76 Å². The molecule has 116 valence electrons. The lowest BCUT2D eigenvalue weighted by atomic mass is 10.1. The van der Waals surface area contributed by atoms with Crippen molar-refractivity contribution in [2.75, 3.05) is 18.2 Å². The molecule has 0 aliphatic heterocycles. The van der Waals surface area contributed by atoms with Crippen LogP contribution in [0.3, 0.4) is 0 Å². The number of anilines is 1. The number of hydrogen-bond acceptors (Lipinski definition) is 6. The van der Waals surface area contributed by atoms with Crippen molar-refractivity contribution in [3.8, 4) is 0 Å². The van der Waals surface area contributed by atoms with E-state index in [0.29, 0.717) is 22.9 Å². The number of aryl methyl sites for hydroxylation is 1. The van der Waals surface area contributed by atoms with Gasteiger partial charge in [0.15, 0.2) is 5.82 Å². The molecule has 2 aromatic rings. The molecule has 0 radical (unpaired) electrons. The molecule has 6 nitrogen and oxygen atoms in total. The van der Waals surface area contributed by atoms with E-state index in [-0.39, 0.29) is 17.6 Å². The van der Waals surface area contributed by atoms with Gasteiger partial charge in [0.05, 0.1) is 18.4 Å². The lowest BCUT2D eigenvalue weighted by Gasteiger charge is -2.04. The van der Waals surface area contributed by atoms with E-state index in [4.69, 9.17) is 4.52 Å². The first-order valence-corrected chi connectivity index (χ1v) is 7.72. The third-order valence-electron chi connectivity index (χ3n) is 2.75. The largest absolute Gasteiger partial charge is 0.465 e. The van der Waals surface area contributed by atoms with Crippen LogP contribution in [0.5, 0.6) is 0 Å². The maximum absolute atomic E-state index is 11.7. The molecule has 0 bridgehead atoms. The maximum Gasteiger partial charge on any atom is 0.337 e. The van der Waals surface area contributed by atoms with E-state index < -0.39 is 0 Å². The summed E-state index contributed by atoms with van der Waals surface area (Å²) >= 11 is 1.45. The molecule has 2 rings (SSSR count). The number of carbonyl (C=O) groups is 2. The van der Waals surface area contributed by atoms with Crippen molar-refractivity contribution in [2.45, 2.75) is 12.7 Å². The van der Waals surface area contributed by atoms with Gasteiger partial charge in [-0.05, 0) is 24.6 Å². The number of aromatic nitrogens is 1. The van der Waals surface area contributed by atoms with Crippen LogP contribution in [0.1, 0.15) is 21.7 Å². The average molecular weight is 320 g/mol. The zero-order valence-electron chi connectivity index (χ0n) is 12.3. The number of methoxy groups -OCH3 is 1. The molecule has 7 heteroatoms. The minimum absolute atomic E-state index is 0.151. The molecule has 1 aromatic carbocycles. The molecule has 1 aromatic heterocycles. The predicted octanol–water partition coefficient (Wildman–Crippen LogP) is 2.64. The molecule has 1 heterocycles. The Kier molecular flexibility index (Phi) is 5.60. The molecule has 0 atom stereocenters. The number of esters is 1. The molecule has 0 saturated carbocycles. The van der Waals surface area contributed by atoms with E-state index in [2.05, 4.69) is 15.2 Å². The Balaban J connectivity index is 1.80. The van der Waals surface area contributed by atoms with Gasteiger partial charge in [0.2, 0.25) is 5.91 Å². The molecule has 1 N–H and O–H groups in total. The predicted molar refractivity (Wildman–Crippen MR) is 83.8 cm³/mol. The first-order chi connectivity index (χ1) is 10.6. The fourth-order valence-corrected chi connectivity index (χ4v) is 2.55. The highest BCUT2D eigenvalue weighted by Gasteiger charge is 2.08. The van der Waals surface area contributed by atoms with Crippen LogP contribution in [0.15, 0.2) is 34.9 Å². The van der Waals surface area contributed by atoms with E-state index in [9.17, 15) is 9.59 Å². The van der Waals surface area contributed by atoms with Crippen LogP contribution in [0.2, 0.25) is 0 Å². The maximum atomic E-state index is 11.7. The van der Waals surface area contributed by atoms with Crippen LogP contribution < -0.4 is 5.32 Å². The Morgan fingerprint density at radius 1 is 1.36 bits per heavy atom. The van der Waals surface area contributed by atoms with Gasteiger partial charge >= 0.3 is 5.97 Å². The van der Waals surface area contributed by atoms with Crippen molar-refractivity contribution in [2.24, 2.45) is 0 Å². The monoisotopic (exact) mass is 320 g/mol. The third kappa shape index (κ3) is 4.63. The minimum Gasteiger partial charge on any atom is -0.465 e. The number of hydrogen-bond donors (Lipinski definition) is 1. The summed E-state index contributed by atoms with van der Waals surface area (Å²) in [6.07, 6.45) is 0. The first-order valence-electron chi connectivity index (χ1n) is 6.56. The Labute approximate surface area is 132 Å². The van der Waals surface area contributed by atoms with E-state index in [1.807, 2.05) is 6.07 Å². The number of carbonyl (C=O) groups excluding carboxylic acids is 2. The Bertz CT molecular complexity index is 669. The molecular formula is C15H16N2O4S. The molecule has 0 spiro atoms. The van der Waals surface area contributed by atoms with Crippen molar-refractivity contribution in [3.05, 3.63) is 47.2 Å². The van der Waals surface area contributed by atoms with Crippen LogP contribution in [-0.4, -0.2) is 29.9 Å². The summed E-state index contributed by atoms with van der Waals surface area (Å²) in [5, 5.41) is 6.34. The smallest absolute Gasteiger partial charge is 0.337 e. The molecule has 0 aliphatic rings. The standard InChI is InChI=1S/C15H16N2O4S/c1-10-6-13(17-21-10)16-14(18)9-22-8-11-4-3-5-12(7-11)15(19)20-2/h3-7H,8-9H2,1-2H3,(H,16,17,18). The van der Waals surface area contributed by atoms with Crippen molar-refractivity contribution >= 4 is 29.5 Å². The molecule has 1 amide bonds. The number of ether oxygens (including phenoxy) is 1. The summed E-state index contributed by atoms with van der Waals surface area (Å²) in [5.74, 6) is 1.44. The number of rotatable bonds is 6. The van der Waals surface area contributed by atoms with Gasteiger partial charge < -0.3 is 14.6 Å². The number of nitrogens with zero attached hydrogens (tertiary/aromatic N) is 1. The van der Waals surface area contributed by atoms with Crippen LogP contribution in [0.25, 0.3) is 0 Å². The molecule has 0 aliphatic carbocycles. The first kappa shape index (κ1) is 16.1. The van der Waals surface area contributed by atoms with Crippen molar-refractivity contribution in [1.82, 2.24) is 5.16 Å². The Morgan fingerprint density at radius 3 is 2.86 bits per heavy atom. The van der Waals surface area contributed by atoms with Gasteiger partial charge in [-0.2, -0.15) is 0 Å². The molecule has 0 saturated heterocycles. The Hall–Kier alpha value is -2.28. The minimum atomic E-state index is -0.369. The molecule has 22 heavy (non-hydrogen) atoms. The van der Waals surface area contributed by atoms with Gasteiger partial charge in [-0.25, -0.2) is 4.79 Å². The summed E-state index contributed by atoms with van der Waals surface area (Å²) in [4.78, 5) is 23.2. The van der Waals surface area contributed by atoms with E-state index in [0.717, 1.165) is 5.56 Å². The summed E-state index contributed by atoms with van der Waals surface area (Å²) < 4.78 is 9.55. The number of nitrogens with one attached hydrogen (secondary N) is 1. The summed E-state index contributed by atoms with van der Waals surface area (Å²) in [7, 11) is 1.35. The summed E-state index contributed by atoms with van der Waals surface area (Å²) in [6, 6.07) is 8.80. The number of amides is 1. The third-order valence-corrected chi connectivity index (χ3v) is 3.75. The van der Waals surface area contributed by atoms with E-state index in [1.165, 1.54) is 18.9 Å². The topological polar surface area (TPSA) is 81.4 Å². The Morgan fingerprint density at radius 2 is 2.18 bits per heavy atom. The lowest BCUT2D eigenvalue weighted by Crippen LogP contribution is -2.14. The zero-order chi connectivity index (χ0) is 15.9. The van der Waals surface area contributed by atoms with Crippen molar-refractivity contribution in [3.63, 3.8) is 0 Å². The summed E-state index contributed by atoms with van der Waals surface area (Å²) in [6.45, 7) is 1.76. The number of thioether (sulfide) groups is 1. The van der Waals surface area contributed by atoms with Gasteiger partial charge in [-0.3, -0.25) is 4.79 Å². The van der Waals surface area contributed by atoms with Gasteiger partial charge in [-0.15, -0.1) is 11.8 Å². The highest BCUT2D eigenvalue weighted by atomic mass is 32.2. The van der Waals surface area contributed by atoms with Gasteiger partial charge in [0.25, 0.3) is 0 Å². The van der Waals surface area contributed by atoms with Gasteiger partial charge in [0, 0.05) is 11.8 Å². The van der Waals surface area contributed by atoms with Crippen LogP contribution in [-0.2, 0) is 15.3 Å². The quantitative estimate of drug-likeness (QED) is 0.824. The van der Waals surface area contributed by atoms with Crippen LogP contribution >= 0.6 is 11.8 Å². The normalized spacial score (nSPS) is 10.3. The summed E-state index contributed by atoms with van der Waals surface area (Å²) in [5.41, 5.74) is 1.46. The highest BCUT2D eigenvalue weighted by molar-refractivity contribution is 7.99. The number of benzene rings is 1. The lowest BCUT2D eigenvalue weighted by molar-refractivity contribution is -0.113. The second-order valence-electron chi connectivity index (χ2n) is 4.56. The highest BCUT2D eigenvalue weighted by Crippen LogP contribution is 2.15. The van der Waals surface area contributed by atoms with E-state index in [1.54, 1.807) is 31.2 Å². The second kappa shape index (κ2) is 7.65. The zero-order valence-corrected chi connectivity index (χ0v) is 13.1. The molecule has 0 unspecified atom stereocenters. The SMILES string of the molecule is COC(=O)c1cccc(CSCC(=O)Nc2cc(C)on2)c1. The average Bonchev–Trinajstić information content (AvgIpc) is 2.91. The van der Waals surface area contributed by atoms with Crippen LogP contribution in [0, 0.1) is 6.92 Å². The second-order valence-corrected chi connectivity index (χ2v) is 5.54. The molecule has 0 fully saturated rings.